The first-order valence-corrected chi connectivity index (χ1v) is 8.20. The summed E-state index contributed by atoms with van der Waals surface area (Å²) in [6.07, 6.45) is 5.04. The summed E-state index contributed by atoms with van der Waals surface area (Å²) >= 11 is 0. The zero-order chi connectivity index (χ0) is 14.1. The Balaban J connectivity index is 1.74. The van der Waals surface area contributed by atoms with Gasteiger partial charge in [0.2, 0.25) is 0 Å². The number of hydrogen-bond acceptors (Lipinski definition) is 3. The molecule has 6 rings (SSSR count). The molecule has 4 unspecified atom stereocenters. The average molecular weight is 283 g/mol. The molecule has 4 aliphatic rings. The van der Waals surface area contributed by atoms with Gasteiger partial charge < -0.3 is 9.52 Å². The molecule has 3 nitrogen and oxygen atoms in total. The third-order valence-corrected chi connectivity index (χ3v) is 6.03. The van der Waals surface area contributed by atoms with E-state index in [1.165, 1.54) is 37.1 Å². The summed E-state index contributed by atoms with van der Waals surface area (Å²) < 4.78 is 6.27. The molecule has 0 spiro atoms. The number of phenols is 1. The van der Waals surface area contributed by atoms with Gasteiger partial charge in [-0.05, 0) is 56.7 Å². The highest BCUT2D eigenvalue weighted by Crippen LogP contribution is 2.50. The van der Waals surface area contributed by atoms with Gasteiger partial charge in [0.25, 0.3) is 0 Å². The second-order valence-electron chi connectivity index (χ2n) is 7.23. The Morgan fingerprint density at radius 1 is 1.29 bits per heavy atom. The van der Waals surface area contributed by atoms with Gasteiger partial charge in [-0.1, -0.05) is 0 Å². The first-order valence-electron chi connectivity index (χ1n) is 8.20. The second-order valence-corrected chi connectivity index (χ2v) is 7.23. The molecule has 1 aliphatic carbocycles. The van der Waals surface area contributed by atoms with E-state index in [0.717, 1.165) is 23.3 Å². The highest BCUT2D eigenvalue weighted by atomic mass is 16.3. The standard InChI is InChI=1S/C18H21NO2/c1-10-6-14-13-8-12(20)3-5-17(13)21-18(14)15-7-11-2-4-16(15)19(10)9-11/h3,5,8,10-11,15-16,20H,2,4,6-7,9H2,1H3/t10-,11?,15?,16?/m0/s1. The minimum absolute atomic E-state index is 0.341. The van der Waals surface area contributed by atoms with Gasteiger partial charge >= 0.3 is 0 Å². The van der Waals surface area contributed by atoms with Gasteiger partial charge in [0.1, 0.15) is 17.1 Å². The molecule has 110 valence electrons. The van der Waals surface area contributed by atoms with E-state index in [2.05, 4.69) is 11.8 Å². The smallest absolute Gasteiger partial charge is 0.134 e. The number of benzene rings is 1. The Kier molecular flexibility index (Phi) is 2.33. The van der Waals surface area contributed by atoms with Crippen LogP contribution in [0.3, 0.4) is 0 Å². The molecule has 2 aromatic rings. The van der Waals surface area contributed by atoms with E-state index in [4.69, 9.17) is 4.42 Å². The predicted octanol–water partition coefficient (Wildman–Crippen LogP) is 3.65. The Morgan fingerprint density at radius 2 is 2.19 bits per heavy atom. The van der Waals surface area contributed by atoms with Gasteiger partial charge in [-0.2, -0.15) is 0 Å². The molecule has 1 saturated carbocycles. The summed E-state index contributed by atoms with van der Waals surface area (Å²) in [7, 11) is 0. The number of furan rings is 1. The van der Waals surface area contributed by atoms with Crippen molar-refractivity contribution in [3.63, 3.8) is 0 Å². The van der Waals surface area contributed by atoms with E-state index in [-0.39, 0.29) is 0 Å². The van der Waals surface area contributed by atoms with Crippen molar-refractivity contribution in [1.29, 1.82) is 0 Å². The van der Waals surface area contributed by atoms with Crippen molar-refractivity contribution in [2.45, 2.75) is 50.6 Å². The molecule has 1 N–H and O–H groups in total. The predicted molar refractivity (Wildman–Crippen MR) is 81.6 cm³/mol. The summed E-state index contributed by atoms with van der Waals surface area (Å²) in [6.45, 7) is 3.63. The number of fused-ring (bicyclic) bond motifs is 4. The maximum Gasteiger partial charge on any atom is 0.134 e. The Bertz CT molecular complexity index is 719. The van der Waals surface area contributed by atoms with Crippen LogP contribution < -0.4 is 0 Å². The maximum absolute atomic E-state index is 9.83. The first kappa shape index (κ1) is 12.1. The first-order chi connectivity index (χ1) is 10.2. The number of hydrogen-bond donors (Lipinski definition) is 1. The van der Waals surface area contributed by atoms with E-state index in [9.17, 15) is 5.11 Å². The normalized spacial score (nSPS) is 37.5. The molecule has 2 saturated heterocycles. The van der Waals surface area contributed by atoms with Crippen LogP contribution in [0.2, 0.25) is 0 Å². The van der Waals surface area contributed by atoms with Crippen LogP contribution in [0.1, 0.15) is 43.4 Å². The van der Waals surface area contributed by atoms with Crippen molar-refractivity contribution in [2.24, 2.45) is 5.92 Å². The summed E-state index contributed by atoms with van der Waals surface area (Å²) in [5.41, 5.74) is 2.30. The van der Waals surface area contributed by atoms with Crippen molar-refractivity contribution >= 4 is 11.0 Å². The second kappa shape index (κ2) is 4.04. The van der Waals surface area contributed by atoms with Crippen molar-refractivity contribution in [2.75, 3.05) is 6.54 Å². The fraction of sp³-hybridized carbons (Fsp3) is 0.556. The lowest BCUT2D eigenvalue weighted by Gasteiger charge is -2.50. The van der Waals surface area contributed by atoms with Crippen LogP contribution in [0.25, 0.3) is 11.0 Å². The molecule has 4 heterocycles. The monoisotopic (exact) mass is 283 g/mol. The summed E-state index contributed by atoms with van der Waals surface area (Å²) in [6, 6.07) is 6.77. The highest BCUT2D eigenvalue weighted by molar-refractivity contribution is 5.84. The van der Waals surface area contributed by atoms with Crippen molar-refractivity contribution in [3.8, 4) is 5.75 Å². The van der Waals surface area contributed by atoms with E-state index in [1.807, 2.05) is 12.1 Å². The minimum atomic E-state index is 0.341. The van der Waals surface area contributed by atoms with E-state index < -0.39 is 0 Å². The third-order valence-electron chi connectivity index (χ3n) is 6.03. The van der Waals surface area contributed by atoms with Gasteiger partial charge in [-0.3, -0.25) is 4.90 Å². The van der Waals surface area contributed by atoms with Gasteiger partial charge in [0, 0.05) is 35.5 Å². The quantitative estimate of drug-likeness (QED) is 0.801. The molecular weight excluding hydrogens is 262 g/mol. The summed E-state index contributed by atoms with van der Waals surface area (Å²) in [5.74, 6) is 2.97. The molecule has 3 fully saturated rings. The fourth-order valence-corrected chi connectivity index (χ4v) is 5.10. The van der Waals surface area contributed by atoms with Crippen molar-refractivity contribution in [1.82, 2.24) is 4.90 Å². The average Bonchev–Trinajstić information content (AvgIpc) is 2.82. The van der Waals surface area contributed by atoms with Gasteiger partial charge in [-0.15, -0.1) is 0 Å². The zero-order valence-electron chi connectivity index (χ0n) is 12.4. The fourth-order valence-electron chi connectivity index (χ4n) is 5.10. The number of phenolic OH excluding ortho intramolecular Hbond substituents is 1. The third kappa shape index (κ3) is 1.58. The van der Waals surface area contributed by atoms with Crippen LogP contribution in [0.5, 0.6) is 5.75 Å². The SMILES string of the molecule is C[C@H]1Cc2c(oc3ccc(O)cc23)C2CC3CCC2N1C3. The van der Waals surface area contributed by atoms with E-state index in [1.54, 1.807) is 6.07 Å². The van der Waals surface area contributed by atoms with Crippen LogP contribution in [0, 0.1) is 5.92 Å². The van der Waals surface area contributed by atoms with Crippen LogP contribution in [-0.2, 0) is 6.42 Å². The lowest BCUT2D eigenvalue weighted by molar-refractivity contribution is 0.00427. The maximum atomic E-state index is 9.83. The molecule has 4 bridgehead atoms. The Morgan fingerprint density at radius 3 is 3.05 bits per heavy atom. The van der Waals surface area contributed by atoms with Crippen LogP contribution in [-0.4, -0.2) is 28.6 Å². The van der Waals surface area contributed by atoms with Gasteiger partial charge in [-0.25, -0.2) is 0 Å². The lowest BCUT2D eigenvalue weighted by atomic mass is 9.72. The molecular formula is C18H21NO2. The molecule has 5 atom stereocenters. The number of aromatic hydroxyl groups is 1. The topological polar surface area (TPSA) is 36.6 Å². The number of nitrogens with zero attached hydrogens (tertiary/aromatic N) is 1. The molecule has 1 aromatic heterocycles. The molecule has 3 aliphatic heterocycles. The lowest BCUT2D eigenvalue weighted by Crippen LogP contribution is -2.54. The van der Waals surface area contributed by atoms with Crippen LogP contribution in [0.15, 0.2) is 22.6 Å². The van der Waals surface area contributed by atoms with E-state index in [0.29, 0.717) is 23.8 Å². The largest absolute Gasteiger partial charge is 0.508 e. The summed E-state index contributed by atoms with van der Waals surface area (Å²) in [4.78, 5) is 2.73. The summed E-state index contributed by atoms with van der Waals surface area (Å²) in [5, 5.41) is 11.0. The van der Waals surface area contributed by atoms with Gasteiger partial charge in [0.05, 0.1) is 0 Å². The number of piperidine rings is 2. The highest BCUT2D eigenvalue weighted by Gasteiger charge is 2.47. The zero-order valence-corrected chi connectivity index (χ0v) is 12.4. The molecule has 3 heteroatoms. The minimum Gasteiger partial charge on any atom is -0.508 e. The van der Waals surface area contributed by atoms with Crippen LogP contribution in [0.4, 0.5) is 0 Å². The Hall–Kier alpha value is -1.48. The molecule has 21 heavy (non-hydrogen) atoms. The molecule has 0 radical (unpaired) electrons. The van der Waals surface area contributed by atoms with Gasteiger partial charge in [0.15, 0.2) is 0 Å². The van der Waals surface area contributed by atoms with Crippen LogP contribution >= 0.6 is 0 Å². The number of rotatable bonds is 0. The Labute approximate surface area is 124 Å². The van der Waals surface area contributed by atoms with Crippen molar-refractivity contribution in [3.05, 3.63) is 29.5 Å². The molecule has 0 amide bonds. The van der Waals surface area contributed by atoms with Crippen molar-refractivity contribution < 1.29 is 9.52 Å². The molecule has 1 aromatic carbocycles. The van der Waals surface area contributed by atoms with E-state index >= 15 is 0 Å².